The first kappa shape index (κ1) is 14.5. The molecule has 1 aliphatic rings. The molecular weight excluding hydrogens is 282 g/mol. The number of hydrogen-bond acceptors (Lipinski definition) is 4. The predicted molar refractivity (Wildman–Crippen MR) is 80.6 cm³/mol. The molecule has 0 aromatic carbocycles. The minimum atomic E-state index is -0.221. The van der Waals surface area contributed by atoms with E-state index in [2.05, 4.69) is 10.2 Å². The van der Waals surface area contributed by atoms with Crippen LogP contribution in [0.15, 0.2) is 29.2 Å². The fourth-order valence-corrected chi connectivity index (χ4v) is 2.83. The van der Waals surface area contributed by atoms with Gasteiger partial charge in [0.1, 0.15) is 5.69 Å². The third-order valence-corrected chi connectivity index (χ3v) is 4.04. The van der Waals surface area contributed by atoms with E-state index in [0.29, 0.717) is 18.8 Å². The van der Waals surface area contributed by atoms with Crippen molar-refractivity contribution in [3.05, 3.63) is 46.1 Å². The van der Waals surface area contributed by atoms with Gasteiger partial charge in [0.15, 0.2) is 0 Å². The van der Waals surface area contributed by atoms with E-state index in [1.54, 1.807) is 16.6 Å². The molecule has 1 amide bonds. The Hall–Kier alpha value is -2.44. The summed E-state index contributed by atoms with van der Waals surface area (Å²) in [6.45, 7) is 1.35. The predicted octanol–water partition coefficient (Wildman–Crippen LogP) is 0.534. The van der Waals surface area contributed by atoms with Crippen LogP contribution in [-0.4, -0.2) is 43.5 Å². The van der Waals surface area contributed by atoms with Gasteiger partial charge in [0.05, 0.1) is 5.69 Å². The number of hydrogen-bond donors (Lipinski definition) is 0. The van der Waals surface area contributed by atoms with E-state index in [0.717, 1.165) is 18.5 Å². The van der Waals surface area contributed by atoms with Crippen LogP contribution in [0.3, 0.4) is 0 Å². The van der Waals surface area contributed by atoms with Gasteiger partial charge in [0.25, 0.3) is 11.5 Å². The lowest BCUT2D eigenvalue weighted by molar-refractivity contribution is 0.0697. The fourth-order valence-electron chi connectivity index (χ4n) is 2.83. The fraction of sp³-hybridized carbons (Fsp3) is 0.467. The van der Waals surface area contributed by atoms with Crippen molar-refractivity contribution in [1.82, 2.24) is 24.5 Å². The van der Waals surface area contributed by atoms with E-state index >= 15 is 0 Å². The Kier molecular flexibility index (Phi) is 3.79. The van der Waals surface area contributed by atoms with Crippen LogP contribution in [0.4, 0.5) is 0 Å². The zero-order valence-electron chi connectivity index (χ0n) is 12.8. The maximum Gasteiger partial charge on any atom is 0.274 e. The van der Waals surface area contributed by atoms with Gasteiger partial charge in [-0.1, -0.05) is 0 Å². The Balaban J connectivity index is 1.77. The van der Waals surface area contributed by atoms with E-state index in [4.69, 9.17) is 0 Å². The number of likely N-dealkylation sites (tertiary alicyclic amines) is 1. The molecule has 116 valence electrons. The molecule has 0 spiro atoms. The highest BCUT2D eigenvalue weighted by atomic mass is 16.2. The smallest absolute Gasteiger partial charge is 0.274 e. The molecule has 1 fully saturated rings. The molecule has 0 bridgehead atoms. The van der Waals surface area contributed by atoms with E-state index in [-0.39, 0.29) is 17.4 Å². The van der Waals surface area contributed by atoms with Crippen LogP contribution in [-0.2, 0) is 14.1 Å². The van der Waals surface area contributed by atoms with Crippen LogP contribution < -0.4 is 5.56 Å². The average Bonchev–Trinajstić information content (AvgIpc) is 2.96. The Bertz CT molecular complexity index is 748. The number of aryl methyl sites for hydroxylation is 2. The summed E-state index contributed by atoms with van der Waals surface area (Å²) in [5, 5.41) is 8.49. The maximum absolute atomic E-state index is 12.6. The molecule has 0 radical (unpaired) electrons. The van der Waals surface area contributed by atoms with Gasteiger partial charge in [-0.3, -0.25) is 14.3 Å². The molecule has 1 saturated heterocycles. The molecule has 22 heavy (non-hydrogen) atoms. The number of amides is 1. The molecule has 3 rings (SSSR count). The molecule has 2 aromatic rings. The molecule has 3 heterocycles. The highest BCUT2D eigenvalue weighted by Crippen LogP contribution is 2.26. The third kappa shape index (κ3) is 2.79. The summed E-state index contributed by atoms with van der Waals surface area (Å²) in [4.78, 5) is 25.7. The summed E-state index contributed by atoms with van der Waals surface area (Å²) in [5.74, 6) is 0.127. The molecule has 0 N–H and O–H groups in total. The Morgan fingerprint density at radius 1 is 1.23 bits per heavy atom. The van der Waals surface area contributed by atoms with Gasteiger partial charge in [-0.25, -0.2) is 4.68 Å². The van der Waals surface area contributed by atoms with Gasteiger partial charge in [0.2, 0.25) is 0 Å². The summed E-state index contributed by atoms with van der Waals surface area (Å²) in [6, 6.07) is 4.87. The van der Waals surface area contributed by atoms with Crippen LogP contribution >= 0.6 is 0 Å². The molecule has 2 aromatic heterocycles. The normalized spacial score (nSPS) is 18.5. The van der Waals surface area contributed by atoms with Crippen molar-refractivity contribution in [1.29, 1.82) is 0 Å². The summed E-state index contributed by atoms with van der Waals surface area (Å²) in [7, 11) is 3.44. The summed E-state index contributed by atoms with van der Waals surface area (Å²) >= 11 is 0. The summed E-state index contributed by atoms with van der Waals surface area (Å²) < 4.78 is 2.97. The second-order valence-electron chi connectivity index (χ2n) is 5.69. The lowest BCUT2D eigenvalue weighted by Crippen LogP contribution is -2.40. The maximum atomic E-state index is 12.6. The number of piperidine rings is 1. The molecule has 0 saturated carbocycles. The number of carbonyl (C=O) groups excluding carboxylic acids is 1. The zero-order chi connectivity index (χ0) is 15.7. The van der Waals surface area contributed by atoms with Crippen LogP contribution in [0.25, 0.3) is 0 Å². The highest BCUT2D eigenvalue weighted by Gasteiger charge is 2.27. The van der Waals surface area contributed by atoms with Gasteiger partial charge in [0, 0.05) is 45.4 Å². The monoisotopic (exact) mass is 301 g/mol. The van der Waals surface area contributed by atoms with Crippen molar-refractivity contribution in [3.8, 4) is 0 Å². The molecule has 7 nitrogen and oxygen atoms in total. The number of carbonyl (C=O) groups is 1. The van der Waals surface area contributed by atoms with Gasteiger partial charge in [-0.2, -0.15) is 10.2 Å². The first-order valence-electron chi connectivity index (χ1n) is 7.38. The minimum absolute atomic E-state index is 0.128. The van der Waals surface area contributed by atoms with Crippen molar-refractivity contribution in [3.63, 3.8) is 0 Å². The number of nitrogens with zero attached hydrogens (tertiary/aromatic N) is 5. The molecule has 0 unspecified atom stereocenters. The topological polar surface area (TPSA) is 73.0 Å². The Morgan fingerprint density at radius 3 is 2.73 bits per heavy atom. The first-order chi connectivity index (χ1) is 10.5. The first-order valence-corrected chi connectivity index (χ1v) is 7.38. The lowest BCUT2D eigenvalue weighted by atomic mass is 9.95. The van der Waals surface area contributed by atoms with Crippen molar-refractivity contribution in [2.24, 2.45) is 14.1 Å². The zero-order valence-corrected chi connectivity index (χ0v) is 12.8. The Labute approximate surface area is 128 Å². The van der Waals surface area contributed by atoms with Crippen LogP contribution in [0.5, 0.6) is 0 Å². The van der Waals surface area contributed by atoms with Gasteiger partial charge in [-0.05, 0) is 25.0 Å². The number of rotatable bonds is 2. The van der Waals surface area contributed by atoms with Crippen LogP contribution in [0.1, 0.15) is 34.9 Å². The summed E-state index contributed by atoms with van der Waals surface area (Å²) in [5.41, 5.74) is 1.11. The minimum Gasteiger partial charge on any atom is -0.337 e. The van der Waals surface area contributed by atoms with E-state index in [1.807, 2.05) is 19.3 Å². The standard InChI is InChI=1S/C15H19N5O2/c1-18-9-7-12(16-18)11-4-3-8-20(10-11)15(22)13-5-6-14(21)19(2)17-13/h5-7,9,11H,3-4,8,10H2,1-2H3/t11-/m1/s1. The molecule has 0 aliphatic carbocycles. The van der Waals surface area contributed by atoms with Gasteiger partial charge in [-0.15, -0.1) is 0 Å². The SMILES string of the molecule is Cn1ccc([C@@H]2CCCN(C(=O)c3ccc(=O)n(C)n3)C2)n1. The van der Waals surface area contributed by atoms with E-state index in [9.17, 15) is 9.59 Å². The highest BCUT2D eigenvalue weighted by molar-refractivity contribution is 5.92. The quantitative estimate of drug-likeness (QED) is 0.811. The Morgan fingerprint density at radius 2 is 2.05 bits per heavy atom. The van der Waals surface area contributed by atoms with Crippen molar-refractivity contribution in [2.45, 2.75) is 18.8 Å². The van der Waals surface area contributed by atoms with Crippen LogP contribution in [0, 0.1) is 0 Å². The second kappa shape index (κ2) is 5.75. The van der Waals surface area contributed by atoms with E-state index < -0.39 is 0 Å². The molecular formula is C15H19N5O2. The van der Waals surface area contributed by atoms with Crippen LogP contribution in [0.2, 0.25) is 0 Å². The van der Waals surface area contributed by atoms with E-state index in [1.165, 1.54) is 16.8 Å². The molecule has 1 atom stereocenters. The van der Waals surface area contributed by atoms with Crippen molar-refractivity contribution >= 4 is 5.91 Å². The third-order valence-electron chi connectivity index (χ3n) is 4.04. The largest absolute Gasteiger partial charge is 0.337 e. The molecule has 1 aliphatic heterocycles. The van der Waals surface area contributed by atoms with Crippen molar-refractivity contribution in [2.75, 3.05) is 13.1 Å². The van der Waals surface area contributed by atoms with Crippen molar-refractivity contribution < 1.29 is 4.79 Å². The second-order valence-corrected chi connectivity index (χ2v) is 5.69. The van der Waals surface area contributed by atoms with Gasteiger partial charge >= 0.3 is 0 Å². The average molecular weight is 301 g/mol. The van der Waals surface area contributed by atoms with Gasteiger partial charge < -0.3 is 4.90 Å². The summed E-state index contributed by atoms with van der Waals surface area (Å²) in [6.07, 6.45) is 3.89. The molecule has 7 heteroatoms. The lowest BCUT2D eigenvalue weighted by Gasteiger charge is -2.31. The number of aromatic nitrogens is 4.